The van der Waals surface area contributed by atoms with E-state index < -0.39 is 0 Å². The van der Waals surface area contributed by atoms with E-state index in [0.717, 1.165) is 38.2 Å². The lowest BCUT2D eigenvalue weighted by molar-refractivity contribution is 1.08. The highest BCUT2D eigenvalue weighted by Gasteiger charge is 2.18. The number of benzene rings is 4. The fraction of sp³-hybridized carbons (Fsp3) is 0. The van der Waals surface area contributed by atoms with Gasteiger partial charge in [0.15, 0.2) is 0 Å². The van der Waals surface area contributed by atoms with Crippen molar-refractivity contribution in [2.24, 2.45) is 0 Å². The van der Waals surface area contributed by atoms with Crippen molar-refractivity contribution < 1.29 is 0 Å². The van der Waals surface area contributed by atoms with Crippen LogP contribution in [-0.4, -0.2) is 14.0 Å². The monoisotopic (exact) mass is 437 g/mol. The topological polar surface area (TPSA) is 22.2 Å². The Hall–Kier alpha value is -3.37. The van der Waals surface area contributed by atoms with Gasteiger partial charge in [0, 0.05) is 27.3 Å². The van der Waals surface area contributed by atoms with Gasteiger partial charge in [-0.05, 0) is 35.7 Å². The van der Waals surface area contributed by atoms with Crippen LogP contribution in [0, 0.1) is 0 Å². The molecule has 0 unspecified atom stereocenters. The van der Waals surface area contributed by atoms with Gasteiger partial charge in [0.25, 0.3) is 0 Å². The lowest BCUT2D eigenvalue weighted by atomic mass is 10.1. The Balaban J connectivity index is 1.75. The average molecular weight is 438 g/mol. The van der Waals surface area contributed by atoms with E-state index in [0.29, 0.717) is 0 Å². The summed E-state index contributed by atoms with van der Waals surface area (Å²) >= 11 is 3.55. The number of nitrogens with zero attached hydrogens (tertiary/aromatic N) is 3. The van der Waals surface area contributed by atoms with Crippen LogP contribution < -0.4 is 0 Å². The van der Waals surface area contributed by atoms with Crippen molar-refractivity contribution >= 4 is 43.5 Å². The molecule has 0 saturated heterocycles. The number of hydrogen-bond donors (Lipinski definition) is 0. The Morgan fingerprint density at radius 2 is 1.48 bits per heavy atom. The molecule has 4 aromatic carbocycles. The van der Waals surface area contributed by atoms with E-state index in [1.165, 1.54) is 10.8 Å². The number of fused-ring (bicyclic) bond motifs is 5. The molecule has 0 aliphatic carbocycles. The summed E-state index contributed by atoms with van der Waals surface area (Å²) in [5, 5.41) is 2.39. The molecule has 0 aliphatic heterocycles. The van der Waals surface area contributed by atoms with Crippen LogP contribution in [0.15, 0.2) is 102 Å². The van der Waals surface area contributed by atoms with Gasteiger partial charge in [-0.2, -0.15) is 0 Å². The molecule has 0 spiro atoms. The molecule has 4 heteroatoms. The summed E-state index contributed by atoms with van der Waals surface area (Å²) in [5.74, 6) is 0.914. The van der Waals surface area contributed by atoms with E-state index in [-0.39, 0.29) is 0 Å². The molecular formula is C25H16BrN3. The number of halogens is 1. The molecular weight excluding hydrogens is 422 g/mol. The lowest BCUT2D eigenvalue weighted by Gasteiger charge is -2.09. The smallest absolute Gasteiger partial charge is 0.220 e. The molecule has 0 atom stereocenters. The third kappa shape index (κ3) is 2.53. The molecule has 0 N–H and O–H groups in total. The van der Waals surface area contributed by atoms with Crippen LogP contribution >= 0.6 is 15.9 Å². The molecule has 0 radical (unpaired) electrons. The highest BCUT2D eigenvalue weighted by atomic mass is 79.9. The van der Waals surface area contributed by atoms with Crippen LogP contribution in [0.1, 0.15) is 0 Å². The van der Waals surface area contributed by atoms with Gasteiger partial charge in [0.1, 0.15) is 0 Å². The predicted octanol–water partition coefficient (Wildman–Crippen LogP) is 6.86. The van der Waals surface area contributed by atoms with E-state index in [1.807, 2.05) is 6.07 Å². The Kier molecular flexibility index (Phi) is 3.61. The van der Waals surface area contributed by atoms with Crippen molar-refractivity contribution in [3.63, 3.8) is 0 Å². The maximum Gasteiger partial charge on any atom is 0.220 e. The number of rotatable bonds is 2. The van der Waals surface area contributed by atoms with E-state index in [1.54, 1.807) is 0 Å². The first-order valence-corrected chi connectivity index (χ1v) is 10.3. The zero-order valence-electron chi connectivity index (χ0n) is 15.5. The summed E-state index contributed by atoms with van der Waals surface area (Å²) in [6, 6.07) is 31.6. The molecule has 2 heterocycles. The summed E-state index contributed by atoms with van der Waals surface area (Å²) in [7, 11) is 0. The highest BCUT2D eigenvalue weighted by molar-refractivity contribution is 9.10. The summed E-state index contributed by atoms with van der Waals surface area (Å²) in [5.41, 5.74) is 5.51. The minimum absolute atomic E-state index is 0.914. The summed E-state index contributed by atoms with van der Waals surface area (Å²) in [6.45, 7) is 0. The van der Waals surface area contributed by atoms with Crippen molar-refractivity contribution in [3.8, 4) is 16.9 Å². The van der Waals surface area contributed by atoms with Crippen molar-refractivity contribution in [3.05, 3.63) is 102 Å². The molecule has 6 aromatic rings. The van der Waals surface area contributed by atoms with Gasteiger partial charge in [-0.25, -0.2) is 4.98 Å². The molecule has 29 heavy (non-hydrogen) atoms. The standard InChI is InChI=1S/C25H16BrN3/c26-19-11-13-20(14-12-19)29-23(18-7-2-1-3-8-18)16-28-22-15-10-17-6-4-5-9-21(17)24(22)27-25(28)29/h1-16H. The molecule has 0 fully saturated rings. The van der Waals surface area contributed by atoms with Crippen molar-refractivity contribution in [2.45, 2.75) is 0 Å². The quantitative estimate of drug-likeness (QED) is 0.290. The minimum atomic E-state index is 0.914. The number of aromatic nitrogens is 3. The van der Waals surface area contributed by atoms with Gasteiger partial charge in [-0.1, -0.05) is 76.6 Å². The minimum Gasteiger partial charge on any atom is -0.283 e. The van der Waals surface area contributed by atoms with Crippen molar-refractivity contribution in [1.82, 2.24) is 14.0 Å². The zero-order valence-corrected chi connectivity index (χ0v) is 17.0. The molecule has 0 amide bonds. The van der Waals surface area contributed by atoms with Crippen LogP contribution in [0.25, 0.3) is 44.5 Å². The molecule has 0 aliphatic rings. The zero-order chi connectivity index (χ0) is 19.4. The first-order valence-electron chi connectivity index (χ1n) is 9.52. The van der Waals surface area contributed by atoms with Crippen molar-refractivity contribution in [1.29, 1.82) is 0 Å². The van der Waals surface area contributed by atoms with Gasteiger partial charge in [-0.3, -0.25) is 8.97 Å². The van der Waals surface area contributed by atoms with E-state index in [9.17, 15) is 0 Å². The van der Waals surface area contributed by atoms with Crippen LogP contribution in [0.5, 0.6) is 0 Å². The first-order chi connectivity index (χ1) is 14.3. The first kappa shape index (κ1) is 16.6. The summed E-state index contributed by atoms with van der Waals surface area (Å²) in [6.07, 6.45) is 2.19. The molecule has 0 saturated carbocycles. The SMILES string of the molecule is Brc1ccc(-n2c(-c3ccccc3)cn3c4ccc5ccccc5c4nc23)cc1. The molecule has 6 rings (SSSR count). The van der Waals surface area contributed by atoms with E-state index in [2.05, 4.69) is 116 Å². The van der Waals surface area contributed by atoms with Gasteiger partial charge in [0.2, 0.25) is 5.78 Å². The van der Waals surface area contributed by atoms with E-state index in [4.69, 9.17) is 4.98 Å². The molecule has 3 nitrogen and oxygen atoms in total. The summed E-state index contributed by atoms with van der Waals surface area (Å²) in [4.78, 5) is 5.10. The third-order valence-corrected chi connectivity index (χ3v) is 5.94. The fourth-order valence-corrected chi connectivity index (χ4v) is 4.31. The van der Waals surface area contributed by atoms with Crippen molar-refractivity contribution in [2.75, 3.05) is 0 Å². The van der Waals surface area contributed by atoms with Gasteiger partial charge < -0.3 is 0 Å². The fourth-order valence-electron chi connectivity index (χ4n) is 4.05. The molecule has 2 aromatic heterocycles. The summed E-state index contributed by atoms with van der Waals surface area (Å²) < 4.78 is 5.49. The second-order valence-corrected chi connectivity index (χ2v) is 8.04. The van der Waals surface area contributed by atoms with Crippen LogP contribution in [0.2, 0.25) is 0 Å². The normalized spacial score (nSPS) is 11.6. The van der Waals surface area contributed by atoms with Crippen LogP contribution in [0.4, 0.5) is 0 Å². The second kappa shape index (κ2) is 6.33. The number of hydrogen-bond acceptors (Lipinski definition) is 1. The average Bonchev–Trinajstić information content (AvgIpc) is 3.31. The second-order valence-electron chi connectivity index (χ2n) is 7.13. The Bertz CT molecular complexity index is 1490. The Morgan fingerprint density at radius 3 is 2.31 bits per heavy atom. The predicted molar refractivity (Wildman–Crippen MR) is 123 cm³/mol. The van der Waals surface area contributed by atoms with E-state index >= 15 is 0 Å². The lowest BCUT2D eigenvalue weighted by Crippen LogP contribution is -1.97. The van der Waals surface area contributed by atoms with Gasteiger partial charge >= 0.3 is 0 Å². The largest absolute Gasteiger partial charge is 0.283 e. The van der Waals surface area contributed by atoms with Crippen LogP contribution in [0.3, 0.4) is 0 Å². The maximum absolute atomic E-state index is 5.10. The number of imidazole rings is 2. The third-order valence-electron chi connectivity index (χ3n) is 5.41. The van der Waals surface area contributed by atoms with Gasteiger partial charge in [-0.15, -0.1) is 0 Å². The Labute approximate surface area is 176 Å². The highest BCUT2D eigenvalue weighted by Crippen LogP contribution is 2.32. The van der Waals surface area contributed by atoms with Gasteiger partial charge in [0.05, 0.1) is 16.7 Å². The maximum atomic E-state index is 5.10. The molecule has 138 valence electrons. The van der Waals surface area contributed by atoms with Crippen LogP contribution in [-0.2, 0) is 0 Å². The molecule has 0 bridgehead atoms. The Morgan fingerprint density at radius 1 is 0.724 bits per heavy atom.